The van der Waals surface area contributed by atoms with Crippen LogP contribution in [0.1, 0.15) is 16.1 Å². The van der Waals surface area contributed by atoms with Crippen molar-refractivity contribution in [2.24, 2.45) is 5.92 Å². The van der Waals surface area contributed by atoms with Gasteiger partial charge in [0.05, 0.1) is 17.7 Å². The fourth-order valence-corrected chi connectivity index (χ4v) is 2.88. The van der Waals surface area contributed by atoms with Crippen molar-refractivity contribution in [1.29, 1.82) is 0 Å². The van der Waals surface area contributed by atoms with E-state index in [1.807, 2.05) is 24.0 Å². The van der Waals surface area contributed by atoms with E-state index in [4.69, 9.17) is 4.42 Å². The number of aryl methyl sites for hydroxylation is 1. The molecule has 1 amide bonds. The van der Waals surface area contributed by atoms with Crippen LogP contribution in [-0.4, -0.2) is 53.0 Å². The number of anilines is 1. The molecule has 7 nitrogen and oxygen atoms in total. The second kappa shape index (κ2) is 6.74. The average molecular weight is 329 g/mol. The molecule has 3 rings (SSSR count). The van der Waals surface area contributed by atoms with Crippen LogP contribution in [-0.2, 0) is 4.79 Å². The molecule has 1 N–H and O–H groups in total. The quantitative estimate of drug-likeness (QED) is 0.921. The highest BCUT2D eigenvalue weighted by Gasteiger charge is 2.30. The fourth-order valence-electron chi connectivity index (χ4n) is 2.88. The van der Waals surface area contributed by atoms with Crippen LogP contribution in [0.3, 0.4) is 0 Å². The van der Waals surface area contributed by atoms with Crippen molar-refractivity contribution in [3.05, 3.63) is 48.2 Å². The summed E-state index contributed by atoms with van der Waals surface area (Å²) in [7, 11) is 0. The SMILES string of the molecule is Cc1cc(N2CCN(C(=O)c3ccoc3)CC(C(=O)O)C2)ccn1. The third-order valence-corrected chi connectivity index (χ3v) is 4.17. The molecule has 1 atom stereocenters. The molecule has 1 unspecified atom stereocenters. The summed E-state index contributed by atoms with van der Waals surface area (Å²) in [4.78, 5) is 31.9. The van der Waals surface area contributed by atoms with Crippen molar-refractivity contribution >= 4 is 17.6 Å². The maximum absolute atomic E-state index is 12.5. The number of hydrogen-bond acceptors (Lipinski definition) is 5. The maximum Gasteiger partial charge on any atom is 0.310 e. The number of hydrogen-bond donors (Lipinski definition) is 1. The van der Waals surface area contributed by atoms with E-state index in [1.54, 1.807) is 17.2 Å². The number of pyridine rings is 1. The minimum atomic E-state index is -0.905. The number of nitrogens with zero attached hydrogens (tertiary/aromatic N) is 3. The third kappa shape index (κ3) is 3.40. The van der Waals surface area contributed by atoms with Gasteiger partial charge >= 0.3 is 5.97 Å². The van der Waals surface area contributed by atoms with E-state index in [-0.39, 0.29) is 12.5 Å². The molecular weight excluding hydrogens is 310 g/mol. The molecular formula is C17H19N3O4. The van der Waals surface area contributed by atoms with E-state index >= 15 is 0 Å². The normalized spacial score (nSPS) is 18.3. The molecule has 24 heavy (non-hydrogen) atoms. The Morgan fingerprint density at radius 1 is 1.29 bits per heavy atom. The topological polar surface area (TPSA) is 86.9 Å². The van der Waals surface area contributed by atoms with Crippen LogP contribution in [0.25, 0.3) is 0 Å². The van der Waals surface area contributed by atoms with Gasteiger partial charge < -0.3 is 19.3 Å². The fraction of sp³-hybridized carbons (Fsp3) is 0.353. The number of amides is 1. The number of rotatable bonds is 3. The lowest BCUT2D eigenvalue weighted by Crippen LogP contribution is -2.37. The molecule has 126 valence electrons. The molecule has 7 heteroatoms. The maximum atomic E-state index is 12.5. The van der Waals surface area contributed by atoms with Gasteiger partial charge in [-0.1, -0.05) is 0 Å². The van der Waals surface area contributed by atoms with Gasteiger partial charge in [-0.15, -0.1) is 0 Å². The van der Waals surface area contributed by atoms with Crippen molar-refractivity contribution in [2.45, 2.75) is 6.92 Å². The number of furan rings is 1. The summed E-state index contributed by atoms with van der Waals surface area (Å²) in [5.41, 5.74) is 2.23. The van der Waals surface area contributed by atoms with Gasteiger partial charge in [-0.05, 0) is 25.1 Å². The Labute approximate surface area is 139 Å². The molecule has 0 radical (unpaired) electrons. The molecule has 2 aromatic heterocycles. The van der Waals surface area contributed by atoms with Crippen molar-refractivity contribution in [3.63, 3.8) is 0 Å². The second-order valence-corrected chi connectivity index (χ2v) is 5.90. The van der Waals surface area contributed by atoms with E-state index in [0.717, 1.165) is 11.4 Å². The van der Waals surface area contributed by atoms with Crippen LogP contribution in [0.2, 0.25) is 0 Å². The minimum absolute atomic E-state index is 0.180. The molecule has 0 bridgehead atoms. The standard InChI is InChI=1S/C17H19N3O4/c1-12-8-15(2-4-18-12)19-5-6-20(10-14(9-19)17(22)23)16(21)13-3-7-24-11-13/h2-4,7-8,11,14H,5-6,9-10H2,1H3,(H,22,23). The Kier molecular flexibility index (Phi) is 4.50. The van der Waals surface area contributed by atoms with Gasteiger partial charge in [-0.25, -0.2) is 0 Å². The number of carboxylic acid groups (broad SMARTS) is 1. The molecule has 2 aromatic rings. The lowest BCUT2D eigenvalue weighted by Gasteiger charge is -2.24. The van der Waals surface area contributed by atoms with Crippen LogP contribution >= 0.6 is 0 Å². The number of carbonyl (C=O) groups is 2. The summed E-state index contributed by atoms with van der Waals surface area (Å²) in [6, 6.07) is 5.37. The molecule has 0 spiro atoms. The van der Waals surface area contributed by atoms with E-state index < -0.39 is 11.9 Å². The van der Waals surface area contributed by atoms with E-state index in [1.165, 1.54) is 12.5 Å². The summed E-state index contributed by atoms with van der Waals surface area (Å²) >= 11 is 0. The van der Waals surface area contributed by atoms with Crippen molar-refractivity contribution in [3.8, 4) is 0 Å². The van der Waals surface area contributed by atoms with E-state index in [9.17, 15) is 14.7 Å². The minimum Gasteiger partial charge on any atom is -0.481 e. The zero-order valence-electron chi connectivity index (χ0n) is 13.4. The monoisotopic (exact) mass is 329 g/mol. The Balaban J connectivity index is 1.82. The van der Waals surface area contributed by atoms with Crippen LogP contribution in [0, 0.1) is 12.8 Å². The largest absolute Gasteiger partial charge is 0.481 e. The first kappa shape index (κ1) is 16.0. The molecule has 0 saturated carbocycles. The Bertz CT molecular complexity index is 729. The van der Waals surface area contributed by atoms with Gasteiger partial charge in [0, 0.05) is 43.8 Å². The van der Waals surface area contributed by atoms with Gasteiger partial charge in [0.15, 0.2) is 0 Å². The summed E-state index contributed by atoms with van der Waals surface area (Å²) in [5, 5.41) is 9.52. The number of aromatic nitrogens is 1. The van der Waals surface area contributed by atoms with Gasteiger partial charge in [0.25, 0.3) is 5.91 Å². The van der Waals surface area contributed by atoms with Crippen LogP contribution in [0.5, 0.6) is 0 Å². The van der Waals surface area contributed by atoms with Crippen LogP contribution < -0.4 is 4.90 Å². The molecule has 0 aromatic carbocycles. The van der Waals surface area contributed by atoms with Gasteiger partial charge in [0.2, 0.25) is 0 Å². The average Bonchev–Trinajstić information content (AvgIpc) is 2.99. The highest BCUT2D eigenvalue weighted by molar-refractivity contribution is 5.94. The molecule has 1 fully saturated rings. The number of aliphatic carboxylic acids is 1. The van der Waals surface area contributed by atoms with Gasteiger partial charge in [-0.3, -0.25) is 14.6 Å². The molecule has 0 aliphatic carbocycles. The Hall–Kier alpha value is -2.83. The Morgan fingerprint density at radius 3 is 2.79 bits per heavy atom. The first-order valence-electron chi connectivity index (χ1n) is 7.76. The van der Waals surface area contributed by atoms with Crippen LogP contribution in [0.15, 0.2) is 41.3 Å². The lowest BCUT2D eigenvalue weighted by atomic mass is 10.1. The zero-order chi connectivity index (χ0) is 17.1. The van der Waals surface area contributed by atoms with Crippen molar-refractivity contribution in [2.75, 3.05) is 31.1 Å². The highest BCUT2D eigenvalue weighted by Crippen LogP contribution is 2.20. The Morgan fingerprint density at radius 2 is 2.12 bits per heavy atom. The summed E-state index contributed by atoms with van der Waals surface area (Å²) in [5.74, 6) is -1.77. The van der Waals surface area contributed by atoms with Gasteiger partial charge in [-0.2, -0.15) is 0 Å². The van der Waals surface area contributed by atoms with E-state index in [0.29, 0.717) is 25.2 Å². The van der Waals surface area contributed by atoms with E-state index in [2.05, 4.69) is 4.98 Å². The second-order valence-electron chi connectivity index (χ2n) is 5.90. The molecule has 1 aliphatic heterocycles. The predicted octanol–water partition coefficient (Wildman–Crippen LogP) is 1.65. The molecule has 1 saturated heterocycles. The number of carbonyl (C=O) groups excluding carboxylic acids is 1. The lowest BCUT2D eigenvalue weighted by molar-refractivity contribution is -0.141. The van der Waals surface area contributed by atoms with Crippen molar-refractivity contribution < 1.29 is 19.1 Å². The first-order chi connectivity index (χ1) is 11.5. The third-order valence-electron chi connectivity index (χ3n) is 4.17. The summed E-state index contributed by atoms with van der Waals surface area (Å²) < 4.78 is 4.95. The highest BCUT2D eigenvalue weighted by atomic mass is 16.4. The van der Waals surface area contributed by atoms with Gasteiger partial charge in [0.1, 0.15) is 6.26 Å². The predicted molar refractivity (Wildman–Crippen MR) is 86.9 cm³/mol. The zero-order valence-corrected chi connectivity index (χ0v) is 13.4. The summed E-state index contributed by atoms with van der Waals surface area (Å²) in [6.45, 7) is 3.45. The van der Waals surface area contributed by atoms with Crippen LogP contribution in [0.4, 0.5) is 5.69 Å². The van der Waals surface area contributed by atoms with Crippen molar-refractivity contribution in [1.82, 2.24) is 9.88 Å². The molecule has 1 aliphatic rings. The molecule has 3 heterocycles. The first-order valence-corrected chi connectivity index (χ1v) is 7.76. The summed E-state index contributed by atoms with van der Waals surface area (Å²) in [6.07, 6.45) is 4.53. The smallest absolute Gasteiger partial charge is 0.310 e. The number of carboxylic acids is 1.